The van der Waals surface area contributed by atoms with Gasteiger partial charge in [-0.25, -0.2) is 0 Å². The average Bonchev–Trinajstić information content (AvgIpc) is 2.81. The molecule has 1 heterocycles. The van der Waals surface area contributed by atoms with E-state index in [2.05, 4.69) is 25.7 Å². The van der Waals surface area contributed by atoms with Crippen molar-refractivity contribution in [3.63, 3.8) is 0 Å². The second-order valence-corrected chi connectivity index (χ2v) is 7.60. The van der Waals surface area contributed by atoms with E-state index < -0.39 is 0 Å². The summed E-state index contributed by atoms with van der Waals surface area (Å²) in [6.45, 7) is 9.92. The van der Waals surface area contributed by atoms with E-state index in [0.717, 1.165) is 11.8 Å². The van der Waals surface area contributed by atoms with E-state index in [1.54, 1.807) is 0 Å². The van der Waals surface area contributed by atoms with Crippen LogP contribution >= 0.6 is 0 Å². The van der Waals surface area contributed by atoms with E-state index in [1.807, 2.05) is 0 Å². The summed E-state index contributed by atoms with van der Waals surface area (Å²) < 4.78 is 0. The molecule has 2 unspecified atom stereocenters. The minimum atomic E-state index is 0.462. The molecular formula is C15H28N2. The van der Waals surface area contributed by atoms with Crippen LogP contribution in [0.15, 0.2) is 0 Å². The third kappa shape index (κ3) is 1.84. The van der Waals surface area contributed by atoms with Gasteiger partial charge in [-0.1, -0.05) is 13.8 Å². The molecule has 2 N–H and O–H groups in total. The first-order valence-corrected chi connectivity index (χ1v) is 7.44. The number of rotatable bonds is 1. The summed E-state index contributed by atoms with van der Waals surface area (Å²) in [7, 11) is 0. The van der Waals surface area contributed by atoms with E-state index >= 15 is 0 Å². The van der Waals surface area contributed by atoms with Crippen LogP contribution in [0.1, 0.15) is 52.9 Å². The standard InChI is InChI=1S/C15H28N2/c1-14(2)12-4-7-15(3,10-13(12)14)17-8-5-11(16)6-9-17/h11-13H,4-10,16H2,1-3H3/t12?,13?,15-/m1/s1. The molecule has 0 amide bonds. The first-order valence-electron chi connectivity index (χ1n) is 7.44. The highest BCUT2D eigenvalue weighted by atomic mass is 15.2. The predicted octanol–water partition coefficient (Wildman–Crippen LogP) is 2.62. The zero-order valence-electron chi connectivity index (χ0n) is 11.7. The molecule has 0 aromatic heterocycles. The van der Waals surface area contributed by atoms with Crippen molar-refractivity contribution < 1.29 is 0 Å². The first kappa shape index (κ1) is 12.0. The fourth-order valence-corrected chi connectivity index (χ4v) is 4.60. The summed E-state index contributed by atoms with van der Waals surface area (Å²) in [6, 6.07) is 0.462. The summed E-state index contributed by atoms with van der Waals surface area (Å²) in [5.41, 5.74) is 7.15. The molecule has 2 nitrogen and oxygen atoms in total. The number of hydrogen-bond donors (Lipinski definition) is 1. The van der Waals surface area contributed by atoms with Gasteiger partial charge in [0.2, 0.25) is 0 Å². The van der Waals surface area contributed by atoms with Crippen molar-refractivity contribution in [3.05, 3.63) is 0 Å². The number of nitrogens with zero attached hydrogens (tertiary/aromatic N) is 1. The molecule has 2 saturated carbocycles. The zero-order valence-corrected chi connectivity index (χ0v) is 11.7. The zero-order chi connectivity index (χ0) is 12.3. The van der Waals surface area contributed by atoms with Crippen LogP contribution in [-0.2, 0) is 0 Å². The van der Waals surface area contributed by atoms with Crippen LogP contribution in [0.5, 0.6) is 0 Å². The maximum Gasteiger partial charge on any atom is 0.0184 e. The van der Waals surface area contributed by atoms with Crippen LogP contribution in [0.2, 0.25) is 0 Å². The van der Waals surface area contributed by atoms with Gasteiger partial charge in [-0.15, -0.1) is 0 Å². The molecule has 3 atom stereocenters. The van der Waals surface area contributed by atoms with Crippen molar-refractivity contribution in [1.82, 2.24) is 4.90 Å². The molecule has 1 saturated heterocycles. The van der Waals surface area contributed by atoms with Crippen LogP contribution in [0.3, 0.4) is 0 Å². The lowest BCUT2D eigenvalue weighted by Gasteiger charge is -2.46. The number of likely N-dealkylation sites (tertiary alicyclic amines) is 1. The molecule has 3 rings (SSSR count). The minimum Gasteiger partial charge on any atom is -0.328 e. The van der Waals surface area contributed by atoms with Crippen molar-refractivity contribution in [2.45, 2.75) is 64.5 Å². The molecule has 3 aliphatic rings. The molecule has 0 aromatic carbocycles. The third-order valence-electron chi connectivity index (χ3n) is 6.24. The third-order valence-corrected chi connectivity index (χ3v) is 6.24. The van der Waals surface area contributed by atoms with Crippen LogP contribution in [0.4, 0.5) is 0 Å². The Kier molecular flexibility index (Phi) is 2.61. The van der Waals surface area contributed by atoms with Gasteiger partial charge in [-0.2, -0.15) is 0 Å². The fourth-order valence-electron chi connectivity index (χ4n) is 4.60. The molecule has 0 radical (unpaired) electrons. The Labute approximate surface area is 106 Å². The summed E-state index contributed by atoms with van der Waals surface area (Å²) >= 11 is 0. The highest BCUT2D eigenvalue weighted by Gasteiger charge is 2.61. The minimum absolute atomic E-state index is 0.462. The highest BCUT2D eigenvalue weighted by molar-refractivity contribution is 5.12. The molecule has 0 bridgehead atoms. The fraction of sp³-hybridized carbons (Fsp3) is 1.00. The Bertz CT molecular complexity index is 304. The van der Waals surface area contributed by atoms with Gasteiger partial charge < -0.3 is 5.73 Å². The maximum atomic E-state index is 6.02. The molecule has 0 aromatic rings. The van der Waals surface area contributed by atoms with Gasteiger partial charge in [0.15, 0.2) is 0 Å². The second-order valence-electron chi connectivity index (χ2n) is 7.60. The van der Waals surface area contributed by atoms with Gasteiger partial charge in [0.25, 0.3) is 0 Å². The number of fused-ring (bicyclic) bond motifs is 1. The quantitative estimate of drug-likeness (QED) is 0.758. The van der Waals surface area contributed by atoms with Crippen LogP contribution < -0.4 is 5.73 Å². The van der Waals surface area contributed by atoms with Crippen molar-refractivity contribution in [2.24, 2.45) is 23.0 Å². The first-order chi connectivity index (χ1) is 7.93. The van der Waals surface area contributed by atoms with Gasteiger partial charge in [0.1, 0.15) is 0 Å². The Morgan fingerprint density at radius 1 is 1.00 bits per heavy atom. The second kappa shape index (κ2) is 3.71. The van der Waals surface area contributed by atoms with Crippen molar-refractivity contribution in [3.8, 4) is 0 Å². The number of nitrogens with two attached hydrogens (primary N) is 1. The van der Waals surface area contributed by atoms with E-state index in [-0.39, 0.29) is 0 Å². The van der Waals surface area contributed by atoms with Gasteiger partial charge >= 0.3 is 0 Å². The largest absolute Gasteiger partial charge is 0.328 e. The summed E-state index contributed by atoms with van der Waals surface area (Å²) in [4.78, 5) is 2.75. The summed E-state index contributed by atoms with van der Waals surface area (Å²) in [6.07, 6.45) is 6.70. The molecule has 3 fully saturated rings. The maximum absolute atomic E-state index is 6.02. The van der Waals surface area contributed by atoms with Crippen LogP contribution in [0, 0.1) is 17.3 Å². The molecule has 98 valence electrons. The lowest BCUT2D eigenvalue weighted by molar-refractivity contribution is 0.0401. The Morgan fingerprint density at radius 3 is 2.24 bits per heavy atom. The van der Waals surface area contributed by atoms with E-state index in [9.17, 15) is 0 Å². The normalized spacial score (nSPS) is 46.6. The predicted molar refractivity (Wildman–Crippen MR) is 71.8 cm³/mol. The van der Waals surface area contributed by atoms with Crippen molar-refractivity contribution in [2.75, 3.05) is 13.1 Å². The highest BCUT2D eigenvalue weighted by Crippen LogP contribution is 2.67. The Hall–Kier alpha value is -0.0800. The van der Waals surface area contributed by atoms with E-state index in [0.29, 0.717) is 17.0 Å². The van der Waals surface area contributed by atoms with Crippen molar-refractivity contribution >= 4 is 0 Å². The molecular weight excluding hydrogens is 208 g/mol. The molecule has 17 heavy (non-hydrogen) atoms. The number of hydrogen-bond acceptors (Lipinski definition) is 2. The smallest absolute Gasteiger partial charge is 0.0184 e. The van der Waals surface area contributed by atoms with E-state index in [4.69, 9.17) is 5.73 Å². The van der Waals surface area contributed by atoms with Gasteiger partial charge in [0, 0.05) is 24.7 Å². The van der Waals surface area contributed by atoms with Crippen LogP contribution in [-0.4, -0.2) is 29.6 Å². The topological polar surface area (TPSA) is 29.3 Å². The molecule has 0 spiro atoms. The molecule has 1 aliphatic heterocycles. The average molecular weight is 236 g/mol. The summed E-state index contributed by atoms with van der Waals surface area (Å²) in [5, 5.41) is 0. The summed E-state index contributed by atoms with van der Waals surface area (Å²) in [5.74, 6) is 2.03. The van der Waals surface area contributed by atoms with Crippen molar-refractivity contribution in [1.29, 1.82) is 0 Å². The Morgan fingerprint density at radius 2 is 1.65 bits per heavy atom. The molecule has 2 aliphatic carbocycles. The monoisotopic (exact) mass is 236 g/mol. The van der Waals surface area contributed by atoms with Gasteiger partial charge in [0.05, 0.1) is 0 Å². The number of piperidine rings is 1. The van der Waals surface area contributed by atoms with E-state index in [1.165, 1.54) is 45.2 Å². The SMILES string of the molecule is CC1(C)C2CC[C@@](C)(N3CCC(N)CC3)CC21. The Balaban J connectivity index is 1.66. The van der Waals surface area contributed by atoms with Gasteiger partial charge in [-0.05, 0) is 56.3 Å². The van der Waals surface area contributed by atoms with Gasteiger partial charge in [-0.3, -0.25) is 4.90 Å². The lowest BCUT2D eigenvalue weighted by Crippen LogP contribution is -2.53. The van der Waals surface area contributed by atoms with Crippen LogP contribution in [0.25, 0.3) is 0 Å². The molecule has 2 heteroatoms. The lowest BCUT2D eigenvalue weighted by atomic mass is 9.80.